The van der Waals surface area contributed by atoms with Gasteiger partial charge in [0.1, 0.15) is 0 Å². The lowest BCUT2D eigenvalue weighted by molar-refractivity contribution is 0.156. The minimum atomic E-state index is -2.34. The van der Waals surface area contributed by atoms with Crippen molar-refractivity contribution in [3.05, 3.63) is 18.5 Å². The Morgan fingerprint density at radius 2 is 2.19 bits per heavy atom. The zero-order valence-corrected chi connectivity index (χ0v) is 9.58. The fourth-order valence-corrected chi connectivity index (χ4v) is 1.31. The molecule has 90 valence electrons. The first-order valence-electron chi connectivity index (χ1n) is 5.31. The van der Waals surface area contributed by atoms with Crippen molar-refractivity contribution in [2.24, 2.45) is 0 Å². The van der Waals surface area contributed by atoms with E-state index in [1.807, 2.05) is 6.07 Å². The Hall–Kier alpha value is -1.39. The maximum absolute atomic E-state index is 12.2. The second kappa shape index (κ2) is 6.25. The van der Waals surface area contributed by atoms with E-state index in [-0.39, 0.29) is 6.54 Å². The van der Waals surface area contributed by atoms with Crippen molar-refractivity contribution in [1.29, 1.82) is 0 Å². The molecule has 3 nitrogen and oxygen atoms in total. The molecule has 1 rings (SSSR count). The highest BCUT2D eigenvalue weighted by atomic mass is 19.3. The average Bonchev–Trinajstić information content (AvgIpc) is 2.26. The summed E-state index contributed by atoms with van der Waals surface area (Å²) in [4.78, 5) is 5.51. The number of nitrogens with zero attached hydrogens (tertiary/aromatic N) is 2. The lowest BCUT2D eigenvalue weighted by Crippen LogP contribution is -2.24. The van der Waals surface area contributed by atoms with Gasteiger partial charge in [-0.05, 0) is 12.5 Å². The van der Waals surface area contributed by atoms with Crippen LogP contribution in [0.2, 0.25) is 0 Å². The summed E-state index contributed by atoms with van der Waals surface area (Å²) >= 11 is 0. The number of pyridine rings is 1. The molecule has 16 heavy (non-hydrogen) atoms. The van der Waals surface area contributed by atoms with E-state index >= 15 is 0 Å². The first kappa shape index (κ1) is 12.7. The highest BCUT2D eigenvalue weighted by molar-refractivity contribution is 5.55. The van der Waals surface area contributed by atoms with Crippen LogP contribution in [-0.2, 0) is 0 Å². The van der Waals surface area contributed by atoms with Gasteiger partial charge in [0.2, 0.25) is 0 Å². The predicted octanol–water partition coefficient (Wildman–Crippen LogP) is 2.60. The quantitative estimate of drug-likeness (QED) is 0.812. The van der Waals surface area contributed by atoms with E-state index in [0.29, 0.717) is 5.69 Å². The number of hydrogen-bond acceptors (Lipinski definition) is 3. The fourth-order valence-electron chi connectivity index (χ4n) is 1.31. The molecule has 0 aliphatic heterocycles. The van der Waals surface area contributed by atoms with Crippen LogP contribution in [-0.4, -0.2) is 31.5 Å². The van der Waals surface area contributed by atoms with Gasteiger partial charge in [-0.3, -0.25) is 4.98 Å². The maximum atomic E-state index is 12.2. The van der Waals surface area contributed by atoms with Gasteiger partial charge in [0, 0.05) is 13.6 Å². The van der Waals surface area contributed by atoms with Crippen molar-refractivity contribution in [3.8, 4) is 0 Å². The van der Waals surface area contributed by atoms with Gasteiger partial charge < -0.3 is 10.2 Å². The van der Waals surface area contributed by atoms with Crippen molar-refractivity contribution >= 4 is 11.4 Å². The third kappa shape index (κ3) is 4.00. The first-order valence-corrected chi connectivity index (χ1v) is 5.31. The Kier molecular flexibility index (Phi) is 4.95. The molecule has 0 aromatic carbocycles. The van der Waals surface area contributed by atoms with Crippen molar-refractivity contribution in [2.45, 2.75) is 19.8 Å². The van der Waals surface area contributed by atoms with Gasteiger partial charge in [0.25, 0.3) is 6.43 Å². The molecular weight excluding hydrogens is 212 g/mol. The molecule has 1 aromatic rings. The summed E-state index contributed by atoms with van der Waals surface area (Å²) in [6.45, 7) is 2.63. The van der Waals surface area contributed by atoms with E-state index in [1.165, 1.54) is 4.90 Å². The molecule has 0 saturated carbocycles. The zero-order chi connectivity index (χ0) is 12.0. The van der Waals surface area contributed by atoms with Crippen molar-refractivity contribution < 1.29 is 8.78 Å². The molecule has 0 radical (unpaired) electrons. The van der Waals surface area contributed by atoms with Crippen LogP contribution in [0.5, 0.6) is 0 Å². The number of aromatic nitrogens is 1. The average molecular weight is 229 g/mol. The summed E-state index contributed by atoms with van der Waals surface area (Å²) in [7, 11) is 1.63. The van der Waals surface area contributed by atoms with Gasteiger partial charge in [-0.2, -0.15) is 0 Å². The smallest absolute Gasteiger partial charge is 0.255 e. The number of halogens is 2. The molecule has 1 heterocycles. The normalized spacial score (nSPS) is 10.6. The summed E-state index contributed by atoms with van der Waals surface area (Å²) < 4.78 is 24.4. The highest BCUT2D eigenvalue weighted by Gasteiger charge is 2.09. The second-order valence-electron chi connectivity index (χ2n) is 3.63. The van der Waals surface area contributed by atoms with Crippen LogP contribution < -0.4 is 10.2 Å². The van der Waals surface area contributed by atoms with Crippen molar-refractivity contribution in [3.63, 3.8) is 0 Å². The molecule has 5 heteroatoms. The van der Waals surface area contributed by atoms with Gasteiger partial charge in [-0.1, -0.05) is 6.92 Å². The van der Waals surface area contributed by atoms with Crippen LogP contribution in [0, 0.1) is 0 Å². The van der Waals surface area contributed by atoms with E-state index < -0.39 is 6.43 Å². The van der Waals surface area contributed by atoms with E-state index in [4.69, 9.17) is 0 Å². The van der Waals surface area contributed by atoms with E-state index in [9.17, 15) is 8.78 Å². The van der Waals surface area contributed by atoms with Crippen molar-refractivity contribution in [2.75, 3.05) is 30.4 Å². The van der Waals surface area contributed by atoms with Crippen LogP contribution in [0.3, 0.4) is 0 Å². The molecule has 1 aromatic heterocycles. The van der Waals surface area contributed by atoms with Crippen LogP contribution in [0.15, 0.2) is 18.5 Å². The monoisotopic (exact) mass is 229 g/mol. The van der Waals surface area contributed by atoms with Gasteiger partial charge >= 0.3 is 0 Å². The molecule has 0 amide bonds. The molecular formula is C11H17F2N3. The van der Waals surface area contributed by atoms with E-state index in [0.717, 1.165) is 18.7 Å². The molecule has 0 saturated heterocycles. The van der Waals surface area contributed by atoms with Crippen LogP contribution in [0.4, 0.5) is 20.2 Å². The summed E-state index contributed by atoms with van der Waals surface area (Å²) in [5.74, 6) is 0. The van der Waals surface area contributed by atoms with Crippen LogP contribution in [0.1, 0.15) is 13.3 Å². The van der Waals surface area contributed by atoms with Crippen LogP contribution >= 0.6 is 0 Å². The van der Waals surface area contributed by atoms with E-state index in [1.54, 1.807) is 19.4 Å². The number of rotatable bonds is 6. The van der Waals surface area contributed by atoms with Crippen molar-refractivity contribution in [1.82, 2.24) is 4.98 Å². The minimum Gasteiger partial charge on any atom is -0.384 e. The topological polar surface area (TPSA) is 28.2 Å². The molecule has 0 bridgehead atoms. The highest BCUT2D eigenvalue weighted by Crippen LogP contribution is 2.17. The Morgan fingerprint density at radius 1 is 1.44 bits per heavy atom. The third-order valence-corrected chi connectivity index (χ3v) is 2.16. The Morgan fingerprint density at radius 3 is 2.81 bits per heavy atom. The largest absolute Gasteiger partial charge is 0.384 e. The third-order valence-electron chi connectivity index (χ3n) is 2.16. The molecule has 0 fully saturated rings. The summed E-state index contributed by atoms with van der Waals surface area (Å²) in [5.41, 5.74) is 1.56. The number of anilines is 2. The summed E-state index contributed by atoms with van der Waals surface area (Å²) in [6, 6.07) is 1.82. The van der Waals surface area contributed by atoms with Gasteiger partial charge in [0.05, 0.1) is 30.3 Å². The lowest BCUT2D eigenvalue weighted by atomic mass is 10.3. The number of nitrogens with one attached hydrogen (secondary N) is 1. The standard InChI is InChI=1S/C11H17F2N3/c1-3-4-15-9-5-10(7-14-6-9)16(2)8-11(12)13/h5-7,11,15H,3-4,8H2,1-2H3. The van der Waals surface area contributed by atoms with Gasteiger partial charge in [0.15, 0.2) is 0 Å². The fraction of sp³-hybridized carbons (Fsp3) is 0.545. The predicted molar refractivity (Wildman–Crippen MR) is 62.3 cm³/mol. The molecule has 0 spiro atoms. The Balaban J connectivity index is 2.65. The Labute approximate surface area is 94.5 Å². The first-order chi connectivity index (χ1) is 7.63. The van der Waals surface area contributed by atoms with Crippen LogP contribution in [0.25, 0.3) is 0 Å². The molecule has 1 N–H and O–H groups in total. The molecule has 0 atom stereocenters. The molecule has 0 aliphatic rings. The molecule has 0 aliphatic carbocycles. The SMILES string of the molecule is CCCNc1cncc(N(C)CC(F)F)c1. The zero-order valence-electron chi connectivity index (χ0n) is 9.58. The molecule has 0 unspecified atom stereocenters. The maximum Gasteiger partial charge on any atom is 0.255 e. The number of hydrogen-bond donors (Lipinski definition) is 1. The summed E-state index contributed by atoms with van der Waals surface area (Å²) in [5, 5.41) is 3.17. The lowest BCUT2D eigenvalue weighted by Gasteiger charge is -2.19. The Bertz CT molecular complexity index is 318. The second-order valence-corrected chi connectivity index (χ2v) is 3.63. The summed E-state index contributed by atoms with van der Waals surface area (Å²) in [6.07, 6.45) is 1.95. The van der Waals surface area contributed by atoms with E-state index in [2.05, 4.69) is 17.2 Å². The van der Waals surface area contributed by atoms with Gasteiger partial charge in [-0.25, -0.2) is 8.78 Å². The number of alkyl halides is 2. The minimum absolute atomic E-state index is 0.279. The van der Waals surface area contributed by atoms with Gasteiger partial charge in [-0.15, -0.1) is 0 Å².